The molecule has 0 aliphatic carbocycles. The number of rotatable bonds is 6. The summed E-state index contributed by atoms with van der Waals surface area (Å²) in [6.07, 6.45) is 3.54. The Morgan fingerprint density at radius 1 is 1.13 bits per heavy atom. The van der Waals surface area contributed by atoms with E-state index in [0.717, 1.165) is 29.7 Å². The Balaban J connectivity index is 1.48. The van der Waals surface area contributed by atoms with Crippen LogP contribution in [0.2, 0.25) is 0 Å². The average molecular weight is 441 g/mol. The van der Waals surface area contributed by atoms with E-state index in [2.05, 4.69) is 22.4 Å². The molecule has 1 aliphatic rings. The molecular formula is C22H24N4O2S2. The van der Waals surface area contributed by atoms with Crippen LogP contribution in [0.1, 0.15) is 25.3 Å². The number of thiazole rings is 1. The van der Waals surface area contributed by atoms with Gasteiger partial charge in [0.15, 0.2) is 0 Å². The third-order valence-electron chi connectivity index (χ3n) is 5.19. The molecule has 4 rings (SSSR count). The molecule has 1 N–H and O–H groups in total. The van der Waals surface area contributed by atoms with Crippen LogP contribution in [-0.4, -0.2) is 37.0 Å². The fourth-order valence-electron chi connectivity index (χ4n) is 3.35. The van der Waals surface area contributed by atoms with Gasteiger partial charge in [0.1, 0.15) is 0 Å². The molecule has 0 spiro atoms. The first-order valence-electron chi connectivity index (χ1n) is 9.92. The van der Waals surface area contributed by atoms with Crippen molar-refractivity contribution in [2.45, 2.75) is 24.7 Å². The third kappa shape index (κ3) is 4.77. The Kier molecular flexibility index (Phi) is 6.26. The molecule has 1 fully saturated rings. The molecule has 0 unspecified atom stereocenters. The van der Waals surface area contributed by atoms with Crippen molar-refractivity contribution in [1.29, 1.82) is 0 Å². The van der Waals surface area contributed by atoms with Gasteiger partial charge in [-0.1, -0.05) is 49.4 Å². The highest BCUT2D eigenvalue weighted by Crippen LogP contribution is 2.29. The standard InChI is InChI=1S/C22H24N4O2S2/c1-17-10-12-26(13-11-17)30(27,28)20-9-5-8-19(14-20)21-16-29-22(24-21)25-23-15-18-6-3-2-4-7-18/h2-9,14-17H,10-13H2,1H3,(H,24,25)/b23-15+. The van der Waals surface area contributed by atoms with E-state index < -0.39 is 10.0 Å². The third-order valence-corrected chi connectivity index (χ3v) is 7.83. The summed E-state index contributed by atoms with van der Waals surface area (Å²) in [5.41, 5.74) is 5.43. The van der Waals surface area contributed by atoms with Crippen LogP contribution in [-0.2, 0) is 10.0 Å². The zero-order valence-electron chi connectivity index (χ0n) is 16.7. The van der Waals surface area contributed by atoms with Gasteiger partial charge < -0.3 is 0 Å². The van der Waals surface area contributed by atoms with Gasteiger partial charge in [0.2, 0.25) is 15.2 Å². The quantitative estimate of drug-likeness (QED) is 0.446. The number of benzene rings is 2. The topological polar surface area (TPSA) is 74.7 Å². The monoisotopic (exact) mass is 440 g/mol. The predicted molar refractivity (Wildman–Crippen MR) is 122 cm³/mol. The average Bonchev–Trinajstić information content (AvgIpc) is 3.24. The maximum absolute atomic E-state index is 13.0. The maximum Gasteiger partial charge on any atom is 0.243 e. The maximum atomic E-state index is 13.0. The highest BCUT2D eigenvalue weighted by molar-refractivity contribution is 7.89. The predicted octanol–water partition coefficient (Wildman–Crippen LogP) is 4.68. The number of hydrogen-bond donors (Lipinski definition) is 1. The first-order valence-corrected chi connectivity index (χ1v) is 12.2. The van der Waals surface area contributed by atoms with Crippen molar-refractivity contribution >= 4 is 32.7 Å². The number of nitrogens with one attached hydrogen (secondary N) is 1. The first kappa shape index (κ1) is 20.7. The molecule has 3 aromatic rings. The van der Waals surface area contributed by atoms with E-state index in [1.54, 1.807) is 28.7 Å². The summed E-state index contributed by atoms with van der Waals surface area (Å²) >= 11 is 1.43. The van der Waals surface area contributed by atoms with Crippen molar-refractivity contribution in [3.05, 3.63) is 65.5 Å². The number of hydrazone groups is 1. The summed E-state index contributed by atoms with van der Waals surface area (Å²) in [4.78, 5) is 4.86. The van der Waals surface area contributed by atoms with Crippen molar-refractivity contribution < 1.29 is 8.42 Å². The molecule has 0 amide bonds. The number of piperidine rings is 1. The number of sulfonamides is 1. The summed E-state index contributed by atoms with van der Waals surface area (Å²) in [5, 5.41) is 6.76. The summed E-state index contributed by atoms with van der Waals surface area (Å²) in [5.74, 6) is 0.577. The Hall–Kier alpha value is -2.55. The number of anilines is 1. The van der Waals surface area contributed by atoms with E-state index in [-0.39, 0.29) is 0 Å². The minimum atomic E-state index is -3.48. The highest BCUT2D eigenvalue weighted by atomic mass is 32.2. The number of nitrogens with zero attached hydrogens (tertiary/aromatic N) is 3. The smallest absolute Gasteiger partial charge is 0.243 e. The van der Waals surface area contributed by atoms with Crippen LogP contribution in [0.25, 0.3) is 11.3 Å². The second-order valence-corrected chi connectivity index (χ2v) is 10.2. The summed E-state index contributed by atoms with van der Waals surface area (Å²) in [7, 11) is -3.48. The molecule has 1 aliphatic heterocycles. The molecule has 0 saturated carbocycles. The Labute approximate surface area is 181 Å². The summed E-state index contributed by atoms with van der Waals surface area (Å²) < 4.78 is 27.7. The van der Waals surface area contributed by atoms with Gasteiger partial charge in [0.25, 0.3) is 0 Å². The lowest BCUT2D eigenvalue weighted by atomic mass is 10.0. The van der Waals surface area contributed by atoms with Gasteiger partial charge >= 0.3 is 0 Å². The van der Waals surface area contributed by atoms with Crippen molar-refractivity contribution in [3.63, 3.8) is 0 Å². The summed E-state index contributed by atoms with van der Waals surface area (Å²) in [6.45, 7) is 3.33. The molecule has 0 atom stereocenters. The zero-order chi connectivity index (χ0) is 21.0. The lowest BCUT2D eigenvalue weighted by Gasteiger charge is -2.29. The van der Waals surface area contributed by atoms with Gasteiger partial charge in [-0.05, 0) is 36.5 Å². The van der Waals surface area contributed by atoms with Gasteiger partial charge in [-0.15, -0.1) is 11.3 Å². The molecule has 0 bridgehead atoms. The first-order chi connectivity index (χ1) is 14.5. The Bertz CT molecular complexity index is 1120. The highest BCUT2D eigenvalue weighted by Gasteiger charge is 2.28. The van der Waals surface area contributed by atoms with Crippen LogP contribution in [0, 0.1) is 5.92 Å². The van der Waals surface area contributed by atoms with E-state index in [1.807, 2.05) is 41.8 Å². The lowest BCUT2D eigenvalue weighted by molar-refractivity contribution is 0.288. The largest absolute Gasteiger partial charge is 0.253 e. The van der Waals surface area contributed by atoms with Gasteiger partial charge in [0, 0.05) is 24.0 Å². The van der Waals surface area contributed by atoms with Crippen LogP contribution in [0.15, 0.2) is 70.0 Å². The van der Waals surface area contributed by atoms with Crippen LogP contribution in [0.4, 0.5) is 5.13 Å². The van der Waals surface area contributed by atoms with Gasteiger partial charge in [-0.25, -0.2) is 13.4 Å². The van der Waals surface area contributed by atoms with Crippen molar-refractivity contribution in [2.75, 3.05) is 18.5 Å². The van der Waals surface area contributed by atoms with E-state index in [9.17, 15) is 8.42 Å². The summed E-state index contributed by atoms with van der Waals surface area (Å²) in [6, 6.07) is 16.8. The minimum Gasteiger partial charge on any atom is -0.253 e. The number of aromatic nitrogens is 1. The van der Waals surface area contributed by atoms with E-state index in [0.29, 0.717) is 29.0 Å². The van der Waals surface area contributed by atoms with Gasteiger partial charge in [-0.3, -0.25) is 5.43 Å². The SMILES string of the molecule is CC1CCN(S(=O)(=O)c2cccc(-c3csc(N/N=C/c4ccccc4)n3)c2)CC1. The minimum absolute atomic E-state index is 0.319. The van der Waals surface area contributed by atoms with Gasteiger partial charge in [0.05, 0.1) is 16.8 Å². The second kappa shape index (κ2) is 9.07. The lowest BCUT2D eigenvalue weighted by Crippen LogP contribution is -2.37. The molecule has 0 radical (unpaired) electrons. The van der Waals surface area contributed by atoms with E-state index >= 15 is 0 Å². The zero-order valence-corrected chi connectivity index (χ0v) is 18.4. The number of hydrogen-bond acceptors (Lipinski definition) is 6. The molecular weight excluding hydrogens is 416 g/mol. The molecule has 1 saturated heterocycles. The molecule has 2 aromatic carbocycles. The molecule has 6 nitrogen and oxygen atoms in total. The second-order valence-electron chi connectivity index (χ2n) is 7.43. The van der Waals surface area contributed by atoms with Crippen molar-refractivity contribution in [3.8, 4) is 11.3 Å². The van der Waals surface area contributed by atoms with Crippen LogP contribution in [0.3, 0.4) is 0 Å². The Morgan fingerprint density at radius 3 is 2.67 bits per heavy atom. The molecule has 30 heavy (non-hydrogen) atoms. The molecule has 156 valence electrons. The van der Waals surface area contributed by atoms with E-state index in [4.69, 9.17) is 0 Å². The molecule has 2 heterocycles. The molecule has 8 heteroatoms. The normalized spacial score (nSPS) is 16.2. The van der Waals surface area contributed by atoms with Crippen LogP contribution in [0.5, 0.6) is 0 Å². The van der Waals surface area contributed by atoms with Crippen molar-refractivity contribution in [1.82, 2.24) is 9.29 Å². The Morgan fingerprint density at radius 2 is 1.90 bits per heavy atom. The van der Waals surface area contributed by atoms with E-state index in [1.165, 1.54) is 11.3 Å². The van der Waals surface area contributed by atoms with Gasteiger partial charge in [-0.2, -0.15) is 9.41 Å². The van der Waals surface area contributed by atoms with Crippen molar-refractivity contribution in [2.24, 2.45) is 11.0 Å². The molecule has 1 aromatic heterocycles. The van der Waals surface area contributed by atoms with Crippen LogP contribution < -0.4 is 5.43 Å². The van der Waals surface area contributed by atoms with Crippen LogP contribution >= 0.6 is 11.3 Å². The fraction of sp³-hybridized carbons (Fsp3) is 0.273. The fourth-order valence-corrected chi connectivity index (χ4v) is 5.53.